The van der Waals surface area contributed by atoms with E-state index in [2.05, 4.69) is 0 Å². The van der Waals surface area contributed by atoms with Gasteiger partial charge in [-0.15, -0.1) is 0 Å². The largest absolute Gasteiger partial charge is 0.508 e. The highest BCUT2D eigenvalue weighted by Gasteiger charge is 2.30. The number of carbonyl (C=O) groups is 1. The summed E-state index contributed by atoms with van der Waals surface area (Å²) in [4.78, 5) is 11.2. The number of carboxylic acids is 1. The van der Waals surface area contributed by atoms with Crippen LogP contribution in [0.25, 0.3) is 0 Å². The number of carboxylic acid groups (broad SMARTS) is 1. The van der Waals surface area contributed by atoms with Crippen LogP contribution >= 0.6 is 0 Å². The summed E-state index contributed by atoms with van der Waals surface area (Å²) >= 11 is 0. The Kier molecular flexibility index (Phi) is 3.33. The van der Waals surface area contributed by atoms with Crippen molar-refractivity contribution >= 4 is 5.97 Å². The predicted octanol–water partition coefficient (Wildman–Crippen LogP) is 2.92. The monoisotopic (exact) mass is 248 g/mol. The van der Waals surface area contributed by atoms with Crippen molar-refractivity contribution in [1.29, 1.82) is 0 Å². The minimum atomic E-state index is -0.843. The van der Waals surface area contributed by atoms with E-state index in [0.29, 0.717) is 6.42 Å². The summed E-state index contributed by atoms with van der Waals surface area (Å²) in [6, 6.07) is 3.68. The van der Waals surface area contributed by atoms with Crippen LogP contribution < -0.4 is 0 Å². The van der Waals surface area contributed by atoms with E-state index in [1.165, 1.54) is 17.5 Å². The molecular weight excluding hydrogens is 228 g/mol. The Morgan fingerprint density at radius 2 is 1.94 bits per heavy atom. The Morgan fingerprint density at radius 1 is 1.28 bits per heavy atom. The number of benzene rings is 1. The molecule has 0 aromatic heterocycles. The molecule has 0 fully saturated rings. The minimum absolute atomic E-state index is 0.241. The molecule has 0 bridgehead atoms. The van der Waals surface area contributed by atoms with Gasteiger partial charge in [0.05, 0.1) is 5.41 Å². The van der Waals surface area contributed by atoms with Crippen LogP contribution in [0.2, 0.25) is 0 Å². The van der Waals surface area contributed by atoms with Crippen molar-refractivity contribution in [3.05, 3.63) is 28.8 Å². The minimum Gasteiger partial charge on any atom is -0.508 e. The molecule has 3 heteroatoms. The van der Waals surface area contributed by atoms with E-state index in [1.54, 1.807) is 19.9 Å². The summed E-state index contributed by atoms with van der Waals surface area (Å²) in [6.07, 6.45) is 4.68. The van der Waals surface area contributed by atoms with Crippen LogP contribution in [0.3, 0.4) is 0 Å². The molecule has 1 aliphatic rings. The molecule has 2 rings (SSSR count). The molecule has 0 radical (unpaired) electrons. The lowest BCUT2D eigenvalue weighted by Crippen LogP contribution is -2.27. The molecule has 1 aliphatic carbocycles. The smallest absolute Gasteiger partial charge is 0.309 e. The standard InChI is InChI=1S/C15H20O3/c1-15(2,14(17)18)9-12-11-6-4-3-5-10(11)7-8-13(12)16/h7-8,16H,3-6,9H2,1-2H3,(H,17,18). The topological polar surface area (TPSA) is 57.5 Å². The second-order valence-electron chi connectivity index (χ2n) is 5.77. The van der Waals surface area contributed by atoms with Crippen molar-refractivity contribution in [2.45, 2.75) is 46.0 Å². The van der Waals surface area contributed by atoms with Crippen molar-refractivity contribution in [1.82, 2.24) is 0 Å². The van der Waals surface area contributed by atoms with E-state index in [0.717, 1.165) is 24.8 Å². The lowest BCUT2D eigenvalue weighted by Gasteiger charge is -2.25. The third-order valence-corrected chi connectivity index (χ3v) is 3.82. The van der Waals surface area contributed by atoms with Gasteiger partial charge in [-0.2, -0.15) is 0 Å². The second kappa shape index (κ2) is 4.63. The number of aromatic hydroxyl groups is 1. The number of fused-ring (bicyclic) bond motifs is 1. The number of hydrogen-bond acceptors (Lipinski definition) is 2. The molecule has 0 saturated heterocycles. The maximum absolute atomic E-state index is 11.2. The van der Waals surface area contributed by atoms with E-state index in [4.69, 9.17) is 0 Å². The van der Waals surface area contributed by atoms with Crippen molar-refractivity contribution < 1.29 is 15.0 Å². The normalized spacial score (nSPS) is 15.2. The van der Waals surface area contributed by atoms with Gasteiger partial charge in [-0.25, -0.2) is 0 Å². The molecule has 98 valence electrons. The van der Waals surface area contributed by atoms with Crippen LogP contribution in [0.5, 0.6) is 5.75 Å². The lowest BCUT2D eigenvalue weighted by atomic mass is 9.80. The molecule has 0 atom stereocenters. The Labute approximate surface area is 107 Å². The zero-order valence-electron chi connectivity index (χ0n) is 11.0. The summed E-state index contributed by atoms with van der Waals surface area (Å²) in [5, 5.41) is 19.2. The molecule has 18 heavy (non-hydrogen) atoms. The van der Waals surface area contributed by atoms with Gasteiger partial charge in [0, 0.05) is 0 Å². The summed E-state index contributed by atoms with van der Waals surface area (Å²) in [6.45, 7) is 3.41. The number of phenolic OH excluding ortho intramolecular Hbond substituents is 1. The van der Waals surface area contributed by atoms with Crippen molar-refractivity contribution in [2.75, 3.05) is 0 Å². The number of rotatable bonds is 3. The van der Waals surface area contributed by atoms with Gasteiger partial charge in [-0.05, 0) is 68.7 Å². The van der Waals surface area contributed by atoms with Crippen LogP contribution in [0.4, 0.5) is 0 Å². The highest BCUT2D eigenvalue weighted by molar-refractivity contribution is 5.74. The second-order valence-corrected chi connectivity index (χ2v) is 5.77. The van der Waals surface area contributed by atoms with E-state index in [9.17, 15) is 15.0 Å². The molecule has 0 amide bonds. The van der Waals surface area contributed by atoms with Gasteiger partial charge in [0.25, 0.3) is 0 Å². The summed E-state index contributed by atoms with van der Waals surface area (Å²) in [7, 11) is 0. The van der Waals surface area contributed by atoms with Gasteiger partial charge in [-0.3, -0.25) is 4.79 Å². The van der Waals surface area contributed by atoms with Crippen LogP contribution in [-0.4, -0.2) is 16.2 Å². The van der Waals surface area contributed by atoms with E-state index in [1.807, 2.05) is 6.07 Å². The molecule has 0 saturated carbocycles. The Hall–Kier alpha value is -1.51. The summed E-state index contributed by atoms with van der Waals surface area (Å²) < 4.78 is 0. The maximum atomic E-state index is 11.2. The number of aryl methyl sites for hydroxylation is 1. The van der Waals surface area contributed by atoms with Gasteiger partial charge >= 0.3 is 5.97 Å². The quantitative estimate of drug-likeness (QED) is 0.864. The Balaban J connectivity index is 2.41. The van der Waals surface area contributed by atoms with Crippen LogP contribution in [0.15, 0.2) is 12.1 Å². The number of phenols is 1. The highest BCUT2D eigenvalue weighted by Crippen LogP contribution is 2.35. The predicted molar refractivity (Wildman–Crippen MR) is 69.9 cm³/mol. The summed E-state index contributed by atoms with van der Waals surface area (Å²) in [5.41, 5.74) is 2.44. The fourth-order valence-electron chi connectivity index (χ4n) is 2.61. The summed E-state index contributed by atoms with van der Waals surface area (Å²) in [5.74, 6) is -0.583. The van der Waals surface area contributed by atoms with E-state index < -0.39 is 11.4 Å². The molecule has 0 spiro atoms. The Morgan fingerprint density at radius 3 is 2.61 bits per heavy atom. The maximum Gasteiger partial charge on any atom is 0.309 e. The first-order valence-electron chi connectivity index (χ1n) is 6.48. The number of aliphatic carboxylic acids is 1. The van der Waals surface area contributed by atoms with Crippen LogP contribution in [-0.2, 0) is 24.1 Å². The van der Waals surface area contributed by atoms with Gasteiger partial charge in [0.15, 0.2) is 0 Å². The molecule has 0 unspecified atom stereocenters. The molecule has 2 N–H and O–H groups in total. The molecule has 1 aromatic rings. The van der Waals surface area contributed by atoms with E-state index in [-0.39, 0.29) is 5.75 Å². The van der Waals surface area contributed by atoms with Crippen LogP contribution in [0.1, 0.15) is 43.4 Å². The van der Waals surface area contributed by atoms with Gasteiger partial charge < -0.3 is 10.2 Å². The lowest BCUT2D eigenvalue weighted by molar-refractivity contribution is -0.146. The zero-order valence-corrected chi connectivity index (χ0v) is 11.0. The van der Waals surface area contributed by atoms with Gasteiger partial charge in [-0.1, -0.05) is 6.07 Å². The first-order valence-corrected chi connectivity index (χ1v) is 6.48. The Bertz CT molecular complexity index is 475. The third-order valence-electron chi connectivity index (χ3n) is 3.82. The zero-order chi connectivity index (χ0) is 13.3. The molecular formula is C15H20O3. The SMILES string of the molecule is CC(C)(Cc1c(O)ccc2c1CCCC2)C(=O)O. The first-order chi connectivity index (χ1) is 8.42. The average Bonchev–Trinajstić information content (AvgIpc) is 2.32. The van der Waals surface area contributed by atoms with Crippen molar-refractivity contribution in [2.24, 2.45) is 5.41 Å². The molecule has 0 aliphatic heterocycles. The number of hydrogen-bond donors (Lipinski definition) is 2. The van der Waals surface area contributed by atoms with Gasteiger partial charge in [0.1, 0.15) is 5.75 Å². The van der Waals surface area contributed by atoms with Crippen LogP contribution in [0, 0.1) is 5.41 Å². The van der Waals surface area contributed by atoms with E-state index >= 15 is 0 Å². The fraction of sp³-hybridized carbons (Fsp3) is 0.533. The first kappa shape index (κ1) is 12.9. The average molecular weight is 248 g/mol. The van der Waals surface area contributed by atoms with Crippen molar-refractivity contribution in [3.63, 3.8) is 0 Å². The van der Waals surface area contributed by atoms with Gasteiger partial charge in [0.2, 0.25) is 0 Å². The van der Waals surface area contributed by atoms with Crippen molar-refractivity contribution in [3.8, 4) is 5.75 Å². The third kappa shape index (κ3) is 2.35. The molecule has 3 nitrogen and oxygen atoms in total. The molecule has 0 heterocycles. The molecule has 1 aromatic carbocycles. The fourth-order valence-corrected chi connectivity index (χ4v) is 2.61. The highest BCUT2D eigenvalue weighted by atomic mass is 16.4.